The minimum absolute atomic E-state index is 0.0550. The minimum Gasteiger partial charge on any atom is -0.277 e. The van der Waals surface area contributed by atoms with E-state index in [4.69, 9.17) is 21.0 Å². The monoisotopic (exact) mass is 560 g/mol. The van der Waals surface area contributed by atoms with E-state index < -0.39 is 0 Å². The highest BCUT2D eigenvalue weighted by Gasteiger charge is 2.22. The third kappa shape index (κ3) is 8.31. The molecule has 0 spiro atoms. The molecule has 0 saturated heterocycles. The van der Waals surface area contributed by atoms with Crippen LogP contribution in [0, 0.1) is 57.2 Å². The van der Waals surface area contributed by atoms with Gasteiger partial charge in [0.05, 0.1) is 22.8 Å². The number of carbonyl (C=O) groups is 2. The van der Waals surface area contributed by atoms with Gasteiger partial charge in [-0.05, 0) is 35.4 Å². The SMILES string of the molecule is C[C@@H]1CC(=O)NN=C1c1ccc(NN=C(C#N)C#N)cc1.C[C@@H]1CC(=O)NN=C1c1ccc(NN=C(C#N)C#N)cc1. The Morgan fingerprint density at radius 2 is 1.02 bits per heavy atom. The van der Waals surface area contributed by atoms with Crippen molar-refractivity contribution in [1.29, 1.82) is 21.0 Å². The summed E-state index contributed by atoms with van der Waals surface area (Å²) in [6.07, 6.45) is 0.827. The Morgan fingerprint density at radius 3 is 1.31 bits per heavy atom. The summed E-state index contributed by atoms with van der Waals surface area (Å²) < 4.78 is 0. The number of nitriles is 4. The third-order valence-corrected chi connectivity index (χ3v) is 5.90. The van der Waals surface area contributed by atoms with Crippen molar-refractivity contribution < 1.29 is 9.59 Å². The molecule has 2 aromatic rings. The van der Waals surface area contributed by atoms with E-state index in [9.17, 15) is 9.59 Å². The van der Waals surface area contributed by atoms with Crippen molar-refractivity contribution in [3.8, 4) is 24.3 Å². The Labute approximate surface area is 241 Å². The van der Waals surface area contributed by atoms with E-state index in [2.05, 4.69) is 42.1 Å². The summed E-state index contributed by atoms with van der Waals surface area (Å²) >= 11 is 0. The molecular formula is C28H24N12O2. The van der Waals surface area contributed by atoms with Gasteiger partial charge < -0.3 is 0 Å². The largest absolute Gasteiger partial charge is 0.277 e. The molecule has 14 nitrogen and oxygen atoms in total. The molecule has 0 bridgehead atoms. The number of hydrogen-bond donors (Lipinski definition) is 4. The zero-order valence-electron chi connectivity index (χ0n) is 22.6. The van der Waals surface area contributed by atoms with E-state index in [1.54, 1.807) is 48.5 Å². The molecule has 2 atom stereocenters. The Morgan fingerprint density at radius 1 is 0.690 bits per heavy atom. The molecule has 2 aromatic carbocycles. The van der Waals surface area contributed by atoms with Crippen molar-refractivity contribution >= 4 is 46.0 Å². The average Bonchev–Trinajstić information content (AvgIpc) is 2.99. The number of hydrogen-bond acceptors (Lipinski definition) is 12. The molecule has 208 valence electrons. The fourth-order valence-corrected chi connectivity index (χ4v) is 3.83. The fourth-order valence-electron chi connectivity index (χ4n) is 3.83. The summed E-state index contributed by atoms with van der Waals surface area (Å²) in [6, 6.07) is 21.0. The maximum absolute atomic E-state index is 11.2. The first-order chi connectivity index (χ1) is 20.3. The van der Waals surface area contributed by atoms with Crippen LogP contribution in [0.15, 0.2) is 68.9 Å². The van der Waals surface area contributed by atoms with Gasteiger partial charge in [-0.25, -0.2) is 10.9 Å². The molecule has 0 aromatic heterocycles. The predicted molar refractivity (Wildman–Crippen MR) is 154 cm³/mol. The van der Waals surface area contributed by atoms with Crippen LogP contribution in [0.3, 0.4) is 0 Å². The number of hydrazone groups is 4. The van der Waals surface area contributed by atoms with Crippen LogP contribution in [0.4, 0.5) is 11.4 Å². The molecule has 0 aliphatic carbocycles. The van der Waals surface area contributed by atoms with E-state index in [0.717, 1.165) is 22.6 Å². The second-order valence-corrected chi connectivity index (χ2v) is 9.02. The van der Waals surface area contributed by atoms with Crippen molar-refractivity contribution in [1.82, 2.24) is 10.9 Å². The maximum atomic E-state index is 11.2. The van der Waals surface area contributed by atoms with Crippen molar-refractivity contribution in [3.63, 3.8) is 0 Å². The summed E-state index contributed by atoms with van der Waals surface area (Å²) in [5, 5.41) is 49.8. The minimum atomic E-state index is -0.243. The number of nitrogens with zero attached hydrogens (tertiary/aromatic N) is 8. The number of benzene rings is 2. The Kier molecular flexibility index (Phi) is 10.5. The highest BCUT2D eigenvalue weighted by Crippen LogP contribution is 2.19. The standard InChI is InChI=1S/2C14H12N6O/c2*1-9-6-13(21)19-20-14(9)10-2-4-11(5-3-10)17-18-12(7-15)8-16/h2*2-5,9,17H,6H2,1H3,(H,19,21)/t2*9-/m11/s1. The lowest BCUT2D eigenvalue weighted by atomic mass is 9.94. The topological polar surface area (TPSA) is 227 Å². The van der Waals surface area contributed by atoms with Crippen LogP contribution in [-0.4, -0.2) is 34.7 Å². The number of rotatable bonds is 6. The molecule has 2 aliphatic heterocycles. The Balaban J connectivity index is 0.000000230. The van der Waals surface area contributed by atoms with Gasteiger partial charge in [-0.1, -0.05) is 38.1 Å². The summed E-state index contributed by atoms with van der Waals surface area (Å²) in [5.74, 6) is -0.0578. The van der Waals surface area contributed by atoms with E-state index in [1.807, 2.05) is 38.1 Å². The van der Waals surface area contributed by atoms with Gasteiger partial charge in [0.1, 0.15) is 24.3 Å². The molecular weight excluding hydrogens is 536 g/mol. The van der Waals surface area contributed by atoms with Crippen molar-refractivity contribution in [3.05, 3.63) is 59.7 Å². The molecule has 14 heteroatoms. The lowest BCUT2D eigenvalue weighted by molar-refractivity contribution is -0.122. The predicted octanol–water partition coefficient (Wildman–Crippen LogP) is 2.72. The van der Waals surface area contributed by atoms with E-state index in [-0.39, 0.29) is 35.1 Å². The zero-order chi connectivity index (χ0) is 30.5. The molecule has 2 aliphatic rings. The third-order valence-electron chi connectivity index (χ3n) is 5.90. The van der Waals surface area contributed by atoms with Crippen LogP contribution < -0.4 is 21.7 Å². The zero-order valence-corrected chi connectivity index (χ0v) is 22.6. The molecule has 0 saturated carbocycles. The highest BCUT2D eigenvalue weighted by atomic mass is 16.2. The van der Waals surface area contributed by atoms with Crippen LogP contribution in [0.2, 0.25) is 0 Å². The Hall–Kier alpha value is -6.38. The van der Waals surface area contributed by atoms with Crippen molar-refractivity contribution in [2.24, 2.45) is 32.2 Å². The lowest BCUT2D eigenvalue weighted by Crippen LogP contribution is -2.31. The highest BCUT2D eigenvalue weighted by molar-refractivity contribution is 6.11. The fraction of sp³-hybridized carbons (Fsp3) is 0.214. The van der Waals surface area contributed by atoms with Crippen LogP contribution in [0.5, 0.6) is 0 Å². The van der Waals surface area contributed by atoms with Gasteiger partial charge in [0.25, 0.3) is 0 Å². The first-order valence-electron chi connectivity index (χ1n) is 12.5. The first-order valence-corrected chi connectivity index (χ1v) is 12.5. The summed E-state index contributed by atoms with van der Waals surface area (Å²) in [6.45, 7) is 3.89. The van der Waals surface area contributed by atoms with Gasteiger partial charge in [0.15, 0.2) is 0 Å². The van der Waals surface area contributed by atoms with Crippen LogP contribution >= 0.6 is 0 Å². The molecule has 0 fully saturated rings. The van der Waals surface area contributed by atoms with Crippen LogP contribution in [-0.2, 0) is 9.59 Å². The van der Waals surface area contributed by atoms with Gasteiger partial charge in [-0.15, -0.1) is 0 Å². The molecule has 0 unspecified atom stereocenters. The van der Waals surface area contributed by atoms with Crippen LogP contribution in [0.25, 0.3) is 0 Å². The molecule has 4 N–H and O–H groups in total. The molecule has 2 heterocycles. The summed E-state index contributed by atoms with van der Waals surface area (Å²) in [5.41, 5.74) is 14.4. The quantitative estimate of drug-likeness (QED) is 0.302. The van der Waals surface area contributed by atoms with Gasteiger partial charge in [-0.2, -0.15) is 41.5 Å². The average molecular weight is 561 g/mol. The Bertz CT molecular complexity index is 1470. The summed E-state index contributed by atoms with van der Waals surface area (Å²) in [4.78, 5) is 22.4. The second-order valence-electron chi connectivity index (χ2n) is 9.02. The van der Waals surface area contributed by atoms with Gasteiger partial charge in [-0.3, -0.25) is 20.4 Å². The smallest absolute Gasteiger partial charge is 0.240 e. The number of nitrogens with one attached hydrogen (secondary N) is 4. The number of amides is 2. The molecule has 0 radical (unpaired) electrons. The molecule has 4 rings (SSSR count). The molecule has 42 heavy (non-hydrogen) atoms. The van der Waals surface area contributed by atoms with Gasteiger partial charge in [0, 0.05) is 24.7 Å². The summed E-state index contributed by atoms with van der Waals surface area (Å²) in [7, 11) is 0. The van der Waals surface area contributed by atoms with E-state index in [0.29, 0.717) is 24.2 Å². The van der Waals surface area contributed by atoms with E-state index >= 15 is 0 Å². The van der Waals surface area contributed by atoms with Gasteiger partial charge in [0.2, 0.25) is 23.2 Å². The van der Waals surface area contributed by atoms with E-state index in [1.165, 1.54) is 0 Å². The van der Waals surface area contributed by atoms with Gasteiger partial charge >= 0.3 is 0 Å². The number of anilines is 2. The van der Waals surface area contributed by atoms with Crippen molar-refractivity contribution in [2.45, 2.75) is 26.7 Å². The van der Waals surface area contributed by atoms with Crippen molar-refractivity contribution in [2.75, 3.05) is 10.9 Å². The second kappa shape index (κ2) is 14.7. The molecule has 2 amide bonds. The first kappa shape index (κ1) is 30.2. The maximum Gasteiger partial charge on any atom is 0.240 e. The normalized spacial score (nSPS) is 16.8. The number of carbonyl (C=O) groups excluding carboxylic acids is 2. The lowest BCUT2D eigenvalue weighted by Gasteiger charge is -2.19. The van der Waals surface area contributed by atoms with Crippen LogP contribution in [0.1, 0.15) is 37.8 Å².